The van der Waals surface area contributed by atoms with E-state index in [2.05, 4.69) is 23.5 Å². The van der Waals surface area contributed by atoms with Crippen molar-refractivity contribution < 1.29 is 8.42 Å². The first kappa shape index (κ1) is 18.1. The number of nitrogens with one attached hydrogen (secondary N) is 1. The second kappa shape index (κ2) is 8.48. The van der Waals surface area contributed by atoms with Crippen molar-refractivity contribution >= 4 is 10.0 Å². The molecule has 0 spiro atoms. The van der Waals surface area contributed by atoms with Gasteiger partial charge in [0.2, 0.25) is 10.0 Å². The second-order valence-corrected chi connectivity index (χ2v) is 7.09. The molecule has 0 aliphatic rings. The van der Waals surface area contributed by atoms with Crippen molar-refractivity contribution in [2.75, 3.05) is 26.7 Å². The number of hydrogen-bond acceptors (Lipinski definition) is 4. The number of rotatable bonds is 9. The molecule has 0 heterocycles. The van der Waals surface area contributed by atoms with Gasteiger partial charge in [-0.05, 0) is 51.1 Å². The van der Waals surface area contributed by atoms with Crippen LogP contribution in [-0.4, -0.2) is 46.0 Å². The van der Waals surface area contributed by atoms with Gasteiger partial charge in [-0.15, -0.1) is 0 Å². The number of nitrogens with two attached hydrogens (primary N) is 1. The van der Waals surface area contributed by atoms with E-state index in [1.807, 2.05) is 19.2 Å². The van der Waals surface area contributed by atoms with E-state index in [-0.39, 0.29) is 0 Å². The predicted molar refractivity (Wildman–Crippen MR) is 86.8 cm³/mol. The third kappa shape index (κ3) is 5.74. The molecule has 0 aliphatic heterocycles. The SMILES string of the molecule is CCC(C)N(C)CCNS(=O)(=O)c1ccc(CCN)cc1. The first-order chi connectivity index (χ1) is 9.90. The highest BCUT2D eigenvalue weighted by atomic mass is 32.2. The molecule has 0 amide bonds. The summed E-state index contributed by atoms with van der Waals surface area (Å²) in [6, 6.07) is 7.33. The Morgan fingerprint density at radius 1 is 1.29 bits per heavy atom. The molecule has 6 heteroatoms. The molecule has 1 unspecified atom stereocenters. The topological polar surface area (TPSA) is 75.4 Å². The number of sulfonamides is 1. The molecule has 0 aromatic heterocycles. The predicted octanol–water partition coefficient (Wildman–Crippen LogP) is 1.20. The van der Waals surface area contributed by atoms with Gasteiger partial charge in [-0.2, -0.15) is 0 Å². The zero-order valence-corrected chi connectivity index (χ0v) is 14.0. The Morgan fingerprint density at radius 2 is 1.90 bits per heavy atom. The average molecular weight is 313 g/mol. The van der Waals surface area contributed by atoms with E-state index in [4.69, 9.17) is 5.73 Å². The van der Waals surface area contributed by atoms with Crippen LogP contribution >= 0.6 is 0 Å². The first-order valence-corrected chi connectivity index (χ1v) is 8.88. The van der Waals surface area contributed by atoms with Crippen molar-refractivity contribution in [2.24, 2.45) is 5.73 Å². The Kier molecular flexibility index (Phi) is 7.31. The van der Waals surface area contributed by atoms with Crippen LogP contribution in [0.2, 0.25) is 0 Å². The van der Waals surface area contributed by atoms with Gasteiger partial charge in [0.25, 0.3) is 0 Å². The molecular formula is C15H27N3O2S. The summed E-state index contributed by atoms with van der Waals surface area (Å²) in [5.74, 6) is 0. The first-order valence-electron chi connectivity index (χ1n) is 7.39. The van der Waals surface area contributed by atoms with Crippen LogP contribution in [0.1, 0.15) is 25.8 Å². The van der Waals surface area contributed by atoms with Gasteiger partial charge < -0.3 is 10.6 Å². The van der Waals surface area contributed by atoms with Crippen LogP contribution in [0.25, 0.3) is 0 Å². The summed E-state index contributed by atoms with van der Waals surface area (Å²) in [4.78, 5) is 2.45. The van der Waals surface area contributed by atoms with Gasteiger partial charge in [-0.25, -0.2) is 13.1 Å². The summed E-state index contributed by atoms with van der Waals surface area (Å²) in [6.45, 7) is 5.92. The largest absolute Gasteiger partial charge is 0.330 e. The van der Waals surface area contributed by atoms with E-state index >= 15 is 0 Å². The summed E-state index contributed by atoms with van der Waals surface area (Å²) >= 11 is 0. The summed E-state index contributed by atoms with van der Waals surface area (Å²) in [6.07, 6.45) is 1.80. The summed E-state index contributed by atoms with van der Waals surface area (Å²) < 4.78 is 27.0. The van der Waals surface area contributed by atoms with Crippen molar-refractivity contribution in [3.63, 3.8) is 0 Å². The monoisotopic (exact) mass is 313 g/mol. The summed E-state index contributed by atoms with van der Waals surface area (Å²) in [7, 11) is -1.42. The maximum absolute atomic E-state index is 12.2. The zero-order valence-electron chi connectivity index (χ0n) is 13.2. The van der Waals surface area contributed by atoms with Crippen LogP contribution in [0.5, 0.6) is 0 Å². The standard InChI is InChI=1S/C15H27N3O2S/c1-4-13(2)18(3)12-11-17-21(19,20)15-7-5-14(6-8-15)9-10-16/h5-8,13,17H,4,9-12,16H2,1-3H3. The quantitative estimate of drug-likeness (QED) is 0.718. The smallest absolute Gasteiger partial charge is 0.240 e. The maximum atomic E-state index is 12.2. The molecule has 1 atom stereocenters. The van der Waals surface area contributed by atoms with Crippen LogP contribution in [0.3, 0.4) is 0 Å². The fourth-order valence-electron chi connectivity index (χ4n) is 1.97. The average Bonchev–Trinajstić information content (AvgIpc) is 2.47. The molecule has 0 bridgehead atoms. The Balaban J connectivity index is 2.57. The van der Waals surface area contributed by atoms with Crippen molar-refractivity contribution in [1.29, 1.82) is 0 Å². The van der Waals surface area contributed by atoms with Gasteiger partial charge >= 0.3 is 0 Å². The van der Waals surface area contributed by atoms with E-state index in [1.54, 1.807) is 12.1 Å². The van der Waals surface area contributed by atoms with Crippen LogP contribution in [-0.2, 0) is 16.4 Å². The highest BCUT2D eigenvalue weighted by Gasteiger charge is 2.14. The molecule has 5 nitrogen and oxygen atoms in total. The van der Waals surface area contributed by atoms with Crippen LogP contribution in [0.4, 0.5) is 0 Å². The minimum absolute atomic E-state index is 0.300. The Labute approximate surface area is 128 Å². The molecule has 3 N–H and O–H groups in total. The fraction of sp³-hybridized carbons (Fsp3) is 0.600. The lowest BCUT2D eigenvalue weighted by molar-refractivity contribution is 0.256. The van der Waals surface area contributed by atoms with Gasteiger partial charge in [0.1, 0.15) is 0 Å². The lowest BCUT2D eigenvalue weighted by Crippen LogP contribution is -2.37. The Bertz CT molecular complexity index is 514. The van der Waals surface area contributed by atoms with Crippen molar-refractivity contribution in [3.05, 3.63) is 29.8 Å². The summed E-state index contributed by atoms with van der Waals surface area (Å²) in [5, 5.41) is 0. The number of hydrogen-bond donors (Lipinski definition) is 2. The van der Waals surface area contributed by atoms with E-state index in [0.717, 1.165) is 18.4 Å². The van der Waals surface area contributed by atoms with Crippen molar-refractivity contribution in [1.82, 2.24) is 9.62 Å². The molecule has 0 radical (unpaired) electrons. The lowest BCUT2D eigenvalue weighted by Gasteiger charge is -2.23. The van der Waals surface area contributed by atoms with E-state index < -0.39 is 10.0 Å². The molecular weight excluding hydrogens is 286 g/mol. The highest BCUT2D eigenvalue weighted by molar-refractivity contribution is 7.89. The second-order valence-electron chi connectivity index (χ2n) is 5.32. The van der Waals surface area contributed by atoms with Crippen LogP contribution in [0.15, 0.2) is 29.2 Å². The van der Waals surface area contributed by atoms with Crippen molar-refractivity contribution in [3.8, 4) is 0 Å². The zero-order chi connectivity index (χ0) is 15.9. The maximum Gasteiger partial charge on any atom is 0.240 e. The number of benzene rings is 1. The van der Waals surface area contributed by atoms with Crippen LogP contribution < -0.4 is 10.5 Å². The molecule has 1 rings (SSSR count). The van der Waals surface area contributed by atoms with Gasteiger partial charge in [-0.1, -0.05) is 19.1 Å². The molecule has 0 aliphatic carbocycles. The number of nitrogens with zero attached hydrogens (tertiary/aromatic N) is 1. The summed E-state index contributed by atoms with van der Waals surface area (Å²) in [5.41, 5.74) is 6.53. The van der Waals surface area contributed by atoms with E-state index in [0.29, 0.717) is 30.6 Å². The van der Waals surface area contributed by atoms with Gasteiger partial charge in [0.05, 0.1) is 4.90 Å². The molecule has 1 aromatic carbocycles. The number of likely N-dealkylation sites (N-methyl/N-ethyl adjacent to an activating group) is 1. The molecule has 21 heavy (non-hydrogen) atoms. The Hall–Kier alpha value is -0.950. The molecule has 0 saturated heterocycles. The van der Waals surface area contributed by atoms with Gasteiger partial charge in [-0.3, -0.25) is 0 Å². The third-order valence-corrected chi connectivity index (χ3v) is 5.24. The van der Waals surface area contributed by atoms with E-state index in [9.17, 15) is 8.42 Å². The molecule has 0 saturated carbocycles. The third-order valence-electron chi connectivity index (χ3n) is 3.77. The normalized spacial score (nSPS) is 13.6. The molecule has 1 aromatic rings. The fourth-order valence-corrected chi connectivity index (χ4v) is 2.99. The lowest BCUT2D eigenvalue weighted by atomic mass is 10.2. The Morgan fingerprint density at radius 3 is 2.43 bits per heavy atom. The molecule has 0 fully saturated rings. The molecule has 120 valence electrons. The van der Waals surface area contributed by atoms with Crippen LogP contribution in [0, 0.1) is 0 Å². The minimum atomic E-state index is -3.43. The van der Waals surface area contributed by atoms with Gasteiger partial charge in [0, 0.05) is 19.1 Å². The minimum Gasteiger partial charge on any atom is -0.330 e. The van der Waals surface area contributed by atoms with E-state index in [1.165, 1.54) is 0 Å². The van der Waals surface area contributed by atoms with Crippen molar-refractivity contribution in [2.45, 2.75) is 37.6 Å². The highest BCUT2D eigenvalue weighted by Crippen LogP contribution is 2.10. The van der Waals surface area contributed by atoms with Gasteiger partial charge in [0.15, 0.2) is 0 Å².